The number of carbonyl (C=O) groups excluding carboxylic acids is 1. The van der Waals surface area contributed by atoms with Crippen molar-refractivity contribution in [3.8, 4) is 5.75 Å². The molecule has 0 fully saturated rings. The van der Waals surface area contributed by atoms with Gasteiger partial charge in [0, 0.05) is 11.1 Å². The number of carbonyl (C=O) groups is 1. The minimum absolute atomic E-state index is 0.0863. The van der Waals surface area contributed by atoms with E-state index in [1.54, 1.807) is 0 Å². The molecular weight excluding hydrogens is 380 g/mol. The first-order valence-corrected chi connectivity index (χ1v) is 10.6. The second-order valence-electron chi connectivity index (χ2n) is 7.34. The Balaban J connectivity index is 0.000000176. The van der Waals surface area contributed by atoms with Gasteiger partial charge in [-0.05, 0) is 42.2 Å². The van der Waals surface area contributed by atoms with E-state index >= 15 is 0 Å². The second-order valence-corrected chi connectivity index (χ2v) is 7.34. The molecule has 156 valence electrons. The van der Waals surface area contributed by atoms with Gasteiger partial charge >= 0.3 is 0 Å². The van der Waals surface area contributed by atoms with Crippen LogP contribution in [0.4, 0.5) is 0 Å². The molecule has 0 aliphatic rings. The quantitative estimate of drug-likeness (QED) is 0.319. The third-order valence-electron chi connectivity index (χ3n) is 4.90. The number of benzene rings is 4. The maximum atomic E-state index is 12.0. The largest absolute Gasteiger partial charge is 0.489 e. The molecule has 4 rings (SSSR count). The minimum Gasteiger partial charge on any atom is -0.489 e. The Morgan fingerprint density at radius 2 is 1.29 bits per heavy atom. The molecule has 0 aliphatic carbocycles. The molecule has 0 radical (unpaired) electrons. The fourth-order valence-electron chi connectivity index (χ4n) is 3.09. The topological polar surface area (TPSA) is 26.3 Å². The highest BCUT2D eigenvalue weighted by Gasteiger charge is 2.07. The van der Waals surface area contributed by atoms with E-state index in [-0.39, 0.29) is 5.78 Å². The number of aryl methyl sites for hydroxylation is 2. The summed E-state index contributed by atoms with van der Waals surface area (Å²) in [5.41, 5.74) is 5.17. The molecule has 0 aromatic heterocycles. The van der Waals surface area contributed by atoms with E-state index in [4.69, 9.17) is 4.74 Å². The summed E-state index contributed by atoms with van der Waals surface area (Å²) < 4.78 is 5.67. The highest BCUT2D eigenvalue weighted by atomic mass is 16.5. The van der Waals surface area contributed by atoms with Crippen molar-refractivity contribution >= 4 is 5.78 Å². The lowest BCUT2D eigenvalue weighted by molar-refractivity contribution is 0.103. The van der Waals surface area contributed by atoms with Crippen LogP contribution in [0.3, 0.4) is 0 Å². The zero-order valence-corrected chi connectivity index (χ0v) is 18.1. The van der Waals surface area contributed by atoms with Crippen molar-refractivity contribution in [1.82, 2.24) is 0 Å². The van der Waals surface area contributed by atoms with E-state index in [1.165, 1.54) is 16.7 Å². The van der Waals surface area contributed by atoms with Gasteiger partial charge in [0.15, 0.2) is 5.78 Å². The van der Waals surface area contributed by atoms with Gasteiger partial charge in [-0.3, -0.25) is 4.79 Å². The summed E-state index contributed by atoms with van der Waals surface area (Å²) in [6.45, 7) is 4.80. The van der Waals surface area contributed by atoms with E-state index in [9.17, 15) is 4.79 Å². The van der Waals surface area contributed by atoms with Crippen molar-refractivity contribution in [2.24, 2.45) is 0 Å². The van der Waals surface area contributed by atoms with Gasteiger partial charge in [-0.2, -0.15) is 0 Å². The van der Waals surface area contributed by atoms with E-state index in [0.717, 1.165) is 23.3 Å². The molecule has 2 nitrogen and oxygen atoms in total. The lowest BCUT2D eigenvalue weighted by Gasteiger charge is -2.06. The Morgan fingerprint density at radius 1 is 0.677 bits per heavy atom. The van der Waals surface area contributed by atoms with Gasteiger partial charge in [0.05, 0.1) is 0 Å². The van der Waals surface area contributed by atoms with Crippen LogP contribution in [0, 0.1) is 6.92 Å². The Labute approximate surface area is 185 Å². The van der Waals surface area contributed by atoms with Gasteiger partial charge in [-0.1, -0.05) is 104 Å². The highest BCUT2D eigenvalue weighted by molar-refractivity contribution is 6.08. The molecule has 0 spiro atoms. The average molecular weight is 409 g/mol. The Morgan fingerprint density at radius 3 is 1.90 bits per heavy atom. The summed E-state index contributed by atoms with van der Waals surface area (Å²) in [7, 11) is 0. The predicted molar refractivity (Wildman–Crippen MR) is 128 cm³/mol. The summed E-state index contributed by atoms with van der Waals surface area (Å²) in [6, 6.07) is 35.5. The van der Waals surface area contributed by atoms with Gasteiger partial charge in [0.1, 0.15) is 12.4 Å². The maximum absolute atomic E-state index is 12.0. The van der Waals surface area contributed by atoms with Crippen molar-refractivity contribution in [1.29, 1.82) is 0 Å². The van der Waals surface area contributed by atoms with Gasteiger partial charge < -0.3 is 4.74 Å². The monoisotopic (exact) mass is 408 g/mol. The molecule has 0 atom stereocenters. The summed E-state index contributed by atoms with van der Waals surface area (Å²) >= 11 is 0. The molecule has 4 aromatic rings. The van der Waals surface area contributed by atoms with Gasteiger partial charge in [-0.25, -0.2) is 0 Å². The lowest BCUT2D eigenvalue weighted by Crippen LogP contribution is -2.00. The number of rotatable bonds is 6. The van der Waals surface area contributed by atoms with Crippen LogP contribution in [0.5, 0.6) is 5.75 Å². The normalized spacial score (nSPS) is 10.0. The fraction of sp³-hybridized carbons (Fsp3) is 0.138. The first-order chi connectivity index (χ1) is 15.2. The molecule has 0 unspecified atom stereocenters. The molecule has 31 heavy (non-hydrogen) atoms. The molecule has 0 heterocycles. The predicted octanol–water partition coefficient (Wildman–Crippen LogP) is 7.05. The van der Waals surface area contributed by atoms with Crippen LogP contribution in [0.25, 0.3) is 0 Å². The number of hydrogen-bond acceptors (Lipinski definition) is 2. The van der Waals surface area contributed by atoms with Crippen LogP contribution >= 0.6 is 0 Å². The van der Waals surface area contributed by atoms with Crippen molar-refractivity contribution in [2.75, 3.05) is 0 Å². The highest BCUT2D eigenvalue weighted by Crippen LogP contribution is 2.14. The SMILES string of the molecule is CCc1ccc(C(=O)c2ccccc2)cc1.Cc1cccc(OCc2ccccc2)c1. The van der Waals surface area contributed by atoms with E-state index in [0.29, 0.717) is 6.61 Å². The first kappa shape index (κ1) is 22.0. The van der Waals surface area contributed by atoms with Crippen LogP contribution in [0.15, 0.2) is 109 Å². The third kappa shape index (κ3) is 6.97. The van der Waals surface area contributed by atoms with E-state index < -0.39 is 0 Å². The molecule has 0 saturated heterocycles. The smallest absolute Gasteiger partial charge is 0.193 e. The summed E-state index contributed by atoms with van der Waals surface area (Å²) in [5, 5.41) is 0. The number of hydrogen-bond donors (Lipinski definition) is 0. The molecule has 2 heteroatoms. The number of ketones is 1. The first-order valence-electron chi connectivity index (χ1n) is 10.6. The van der Waals surface area contributed by atoms with Crippen LogP contribution in [-0.2, 0) is 13.0 Å². The summed E-state index contributed by atoms with van der Waals surface area (Å²) in [4.78, 5) is 12.0. The van der Waals surface area contributed by atoms with Gasteiger partial charge in [0.2, 0.25) is 0 Å². The molecule has 0 saturated carbocycles. The van der Waals surface area contributed by atoms with Crippen LogP contribution in [-0.4, -0.2) is 5.78 Å². The van der Waals surface area contributed by atoms with E-state index in [2.05, 4.69) is 32.0 Å². The second kappa shape index (κ2) is 11.5. The minimum atomic E-state index is 0.0863. The zero-order chi connectivity index (χ0) is 21.9. The van der Waals surface area contributed by atoms with Crippen LogP contribution in [0.1, 0.15) is 39.5 Å². The zero-order valence-electron chi connectivity index (χ0n) is 18.1. The molecular formula is C29H28O2. The molecule has 0 aliphatic heterocycles. The number of ether oxygens (including phenoxy) is 1. The van der Waals surface area contributed by atoms with Crippen molar-refractivity contribution in [3.63, 3.8) is 0 Å². The Hall–Kier alpha value is -3.65. The molecule has 0 bridgehead atoms. The fourth-order valence-corrected chi connectivity index (χ4v) is 3.09. The Bertz CT molecular complexity index is 1070. The van der Waals surface area contributed by atoms with Crippen LogP contribution < -0.4 is 4.74 Å². The lowest BCUT2D eigenvalue weighted by atomic mass is 10.0. The summed E-state index contributed by atoms with van der Waals surface area (Å²) in [6.07, 6.45) is 1.000. The van der Waals surface area contributed by atoms with Crippen molar-refractivity contribution in [2.45, 2.75) is 26.9 Å². The van der Waals surface area contributed by atoms with Crippen molar-refractivity contribution < 1.29 is 9.53 Å². The maximum Gasteiger partial charge on any atom is 0.193 e. The van der Waals surface area contributed by atoms with Crippen LogP contribution in [0.2, 0.25) is 0 Å². The van der Waals surface area contributed by atoms with Gasteiger partial charge in [0.25, 0.3) is 0 Å². The van der Waals surface area contributed by atoms with Crippen molar-refractivity contribution in [3.05, 3.63) is 137 Å². The standard InChI is InChI=1S/C15H14O.C14H14O/c1-2-12-8-10-14(11-9-12)15(16)13-6-4-3-5-7-13;1-12-6-5-9-14(10-12)15-11-13-7-3-2-4-8-13/h3-11H,2H2,1H3;2-10H,11H2,1H3. The van der Waals surface area contributed by atoms with E-state index in [1.807, 2.05) is 91.0 Å². The molecule has 0 N–H and O–H groups in total. The third-order valence-corrected chi connectivity index (χ3v) is 4.90. The Kier molecular flexibility index (Phi) is 8.19. The average Bonchev–Trinajstić information content (AvgIpc) is 2.84. The molecule has 4 aromatic carbocycles. The van der Waals surface area contributed by atoms with Gasteiger partial charge in [-0.15, -0.1) is 0 Å². The molecule has 0 amide bonds. The summed E-state index contributed by atoms with van der Waals surface area (Å²) in [5.74, 6) is 1.02.